The predicted octanol–water partition coefficient (Wildman–Crippen LogP) is 3.83. The van der Waals surface area contributed by atoms with Crippen molar-refractivity contribution in [3.63, 3.8) is 0 Å². The number of nitrogen functional groups attached to an aromatic ring is 1. The molecule has 0 aliphatic carbocycles. The first-order valence-corrected chi connectivity index (χ1v) is 8.79. The van der Waals surface area contributed by atoms with Gasteiger partial charge < -0.3 is 11.1 Å². The first-order valence-electron chi connectivity index (χ1n) is 7.91. The van der Waals surface area contributed by atoms with Crippen molar-refractivity contribution in [1.29, 1.82) is 0 Å². The number of nitrogens with one attached hydrogen (secondary N) is 1. The number of nitrogens with two attached hydrogens (primary N) is 1. The van der Waals surface area contributed by atoms with Crippen molar-refractivity contribution in [3.05, 3.63) is 78.1 Å². The Bertz CT molecular complexity index is 1020. The molecule has 128 valence electrons. The number of carbonyl (C=O) groups is 1. The Labute approximate surface area is 153 Å². The highest BCUT2D eigenvalue weighted by Gasteiger charge is 2.11. The number of anilines is 2. The molecule has 4 aromatic rings. The summed E-state index contributed by atoms with van der Waals surface area (Å²) in [5, 5.41) is 8.98. The molecule has 0 bridgehead atoms. The fourth-order valence-electron chi connectivity index (χ4n) is 2.52. The monoisotopic (exact) mass is 361 g/mol. The maximum absolute atomic E-state index is 12.5. The molecule has 0 unspecified atom stereocenters. The number of amides is 1. The van der Waals surface area contributed by atoms with Gasteiger partial charge in [0.2, 0.25) is 0 Å². The number of carbonyl (C=O) groups excluding carboxylic acids is 1. The van der Waals surface area contributed by atoms with Gasteiger partial charge in [0.25, 0.3) is 5.91 Å². The first-order chi connectivity index (χ1) is 12.7. The molecule has 3 heterocycles. The largest absolute Gasteiger partial charge is 0.397 e. The summed E-state index contributed by atoms with van der Waals surface area (Å²) in [7, 11) is 0. The lowest BCUT2D eigenvalue weighted by atomic mass is 10.1. The zero-order valence-electron chi connectivity index (χ0n) is 13.7. The van der Waals surface area contributed by atoms with Crippen LogP contribution in [0.2, 0.25) is 0 Å². The summed E-state index contributed by atoms with van der Waals surface area (Å²) in [6.07, 6.45) is 4.98. The van der Waals surface area contributed by atoms with Gasteiger partial charge in [-0.3, -0.25) is 4.79 Å². The zero-order chi connectivity index (χ0) is 17.9. The molecule has 0 spiro atoms. The van der Waals surface area contributed by atoms with E-state index in [0.717, 1.165) is 10.4 Å². The second-order valence-electron chi connectivity index (χ2n) is 5.59. The number of hydrogen-bond donors (Lipinski definition) is 2. The normalized spacial score (nSPS) is 10.6. The smallest absolute Gasteiger partial charge is 0.257 e. The van der Waals surface area contributed by atoms with Crippen LogP contribution in [0.1, 0.15) is 10.4 Å². The molecule has 0 aliphatic heterocycles. The average Bonchev–Trinajstić information content (AvgIpc) is 3.38. The van der Waals surface area contributed by atoms with Crippen LogP contribution in [-0.4, -0.2) is 20.7 Å². The summed E-state index contributed by atoms with van der Waals surface area (Å²) in [5.74, 6) is 0.380. The van der Waals surface area contributed by atoms with E-state index in [1.54, 1.807) is 46.6 Å². The summed E-state index contributed by atoms with van der Waals surface area (Å²) in [5.41, 5.74) is 8.57. The third-order valence-electron chi connectivity index (χ3n) is 3.86. The van der Waals surface area contributed by atoms with Crippen molar-refractivity contribution in [1.82, 2.24) is 14.8 Å². The minimum Gasteiger partial charge on any atom is -0.397 e. The van der Waals surface area contributed by atoms with Crippen molar-refractivity contribution in [2.45, 2.75) is 0 Å². The average molecular weight is 361 g/mol. The molecule has 3 N–H and O–H groups in total. The molecule has 6 nitrogen and oxygen atoms in total. The van der Waals surface area contributed by atoms with E-state index in [-0.39, 0.29) is 5.91 Å². The SMILES string of the molecule is Nc1ccc(-c2cccs2)cc1NC(=O)c1ccc(-n2cccn2)nc1. The van der Waals surface area contributed by atoms with Gasteiger partial charge in [0.15, 0.2) is 5.82 Å². The molecule has 26 heavy (non-hydrogen) atoms. The summed E-state index contributed by atoms with van der Waals surface area (Å²) in [6, 6.07) is 14.9. The van der Waals surface area contributed by atoms with Gasteiger partial charge in [0.1, 0.15) is 0 Å². The Kier molecular flexibility index (Phi) is 4.20. The Hall–Kier alpha value is -3.45. The summed E-state index contributed by atoms with van der Waals surface area (Å²) >= 11 is 1.63. The van der Waals surface area contributed by atoms with Crippen LogP contribution in [0, 0.1) is 0 Å². The van der Waals surface area contributed by atoms with Crippen LogP contribution in [-0.2, 0) is 0 Å². The van der Waals surface area contributed by atoms with E-state index in [1.807, 2.05) is 35.7 Å². The molecule has 0 aliphatic rings. The van der Waals surface area contributed by atoms with E-state index in [1.165, 1.54) is 6.20 Å². The lowest BCUT2D eigenvalue weighted by Crippen LogP contribution is -2.14. The lowest BCUT2D eigenvalue weighted by molar-refractivity contribution is 0.102. The van der Waals surface area contributed by atoms with E-state index >= 15 is 0 Å². The van der Waals surface area contributed by atoms with E-state index < -0.39 is 0 Å². The highest BCUT2D eigenvalue weighted by molar-refractivity contribution is 7.13. The van der Waals surface area contributed by atoms with E-state index in [0.29, 0.717) is 22.8 Å². The Morgan fingerprint density at radius 3 is 2.77 bits per heavy atom. The van der Waals surface area contributed by atoms with Crippen LogP contribution in [0.5, 0.6) is 0 Å². The van der Waals surface area contributed by atoms with Gasteiger partial charge in [-0.15, -0.1) is 11.3 Å². The topological polar surface area (TPSA) is 85.8 Å². The molecule has 7 heteroatoms. The number of aromatic nitrogens is 3. The summed E-state index contributed by atoms with van der Waals surface area (Å²) in [4.78, 5) is 17.9. The van der Waals surface area contributed by atoms with Gasteiger partial charge in [-0.25, -0.2) is 9.67 Å². The number of benzene rings is 1. The molecule has 0 atom stereocenters. The van der Waals surface area contributed by atoms with Crippen LogP contribution in [0.4, 0.5) is 11.4 Å². The van der Waals surface area contributed by atoms with Crippen LogP contribution in [0.15, 0.2) is 72.5 Å². The van der Waals surface area contributed by atoms with Gasteiger partial charge in [-0.1, -0.05) is 12.1 Å². The third kappa shape index (κ3) is 3.20. The number of pyridine rings is 1. The highest BCUT2D eigenvalue weighted by atomic mass is 32.1. The fraction of sp³-hybridized carbons (Fsp3) is 0. The minimum atomic E-state index is -0.264. The van der Waals surface area contributed by atoms with Crippen molar-refractivity contribution in [3.8, 4) is 16.3 Å². The Morgan fingerprint density at radius 2 is 2.08 bits per heavy atom. The lowest BCUT2D eigenvalue weighted by Gasteiger charge is -2.10. The second-order valence-corrected chi connectivity index (χ2v) is 6.54. The van der Waals surface area contributed by atoms with Gasteiger partial charge in [-0.05, 0) is 47.3 Å². The predicted molar refractivity (Wildman–Crippen MR) is 103 cm³/mol. The molecule has 3 aromatic heterocycles. The molecule has 0 radical (unpaired) electrons. The number of thiophene rings is 1. The molecule has 0 saturated heterocycles. The number of nitrogens with zero attached hydrogens (tertiary/aromatic N) is 3. The van der Waals surface area contributed by atoms with Crippen LogP contribution in [0.3, 0.4) is 0 Å². The van der Waals surface area contributed by atoms with Crippen molar-refractivity contribution < 1.29 is 4.79 Å². The molecule has 0 saturated carbocycles. The molecular formula is C19H15N5OS. The Morgan fingerprint density at radius 1 is 1.15 bits per heavy atom. The van der Waals surface area contributed by atoms with Gasteiger partial charge >= 0.3 is 0 Å². The number of hydrogen-bond acceptors (Lipinski definition) is 5. The summed E-state index contributed by atoms with van der Waals surface area (Å²) in [6.45, 7) is 0. The van der Waals surface area contributed by atoms with Crippen molar-refractivity contribution in [2.75, 3.05) is 11.1 Å². The van der Waals surface area contributed by atoms with Gasteiger partial charge in [0, 0.05) is 23.5 Å². The van der Waals surface area contributed by atoms with Crippen molar-refractivity contribution >= 4 is 28.6 Å². The highest BCUT2D eigenvalue weighted by Crippen LogP contribution is 2.30. The maximum Gasteiger partial charge on any atom is 0.257 e. The molecule has 1 amide bonds. The Balaban J connectivity index is 1.55. The van der Waals surface area contributed by atoms with Crippen LogP contribution in [0.25, 0.3) is 16.3 Å². The summed E-state index contributed by atoms with van der Waals surface area (Å²) < 4.78 is 1.63. The van der Waals surface area contributed by atoms with E-state index in [2.05, 4.69) is 15.4 Å². The van der Waals surface area contributed by atoms with E-state index in [4.69, 9.17) is 5.73 Å². The fourth-order valence-corrected chi connectivity index (χ4v) is 3.24. The molecular weight excluding hydrogens is 346 g/mol. The maximum atomic E-state index is 12.5. The third-order valence-corrected chi connectivity index (χ3v) is 4.78. The van der Waals surface area contributed by atoms with Crippen LogP contribution < -0.4 is 11.1 Å². The molecule has 0 fully saturated rings. The van der Waals surface area contributed by atoms with Crippen LogP contribution >= 0.6 is 11.3 Å². The van der Waals surface area contributed by atoms with Gasteiger partial charge in [-0.2, -0.15) is 5.10 Å². The second kappa shape index (κ2) is 6.81. The zero-order valence-corrected chi connectivity index (χ0v) is 14.5. The quantitative estimate of drug-likeness (QED) is 0.541. The molecule has 4 rings (SSSR count). The first kappa shape index (κ1) is 16.0. The van der Waals surface area contributed by atoms with E-state index in [9.17, 15) is 4.79 Å². The molecule has 1 aromatic carbocycles. The van der Waals surface area contributed by atoms with Crippen molar-refractivity contribution in [2.24, 2.45) is 0 Å². The number of rotatable bonds is 4. The minimum absolute atomic E-state index is 0.264. The van der Waals surface area contributed by atoms with Gasteiger partial charge in [0.05, 0.1) is 16.9 Å². The standard InChI is InChI=1S/C19H15N5OS/c20-15-6-4-13(17-3-1-10-26-17)11-16(15)23-19(25)14-5-7-18(21-12-14)24-9-2-8-22-24/h1-12H,20H2,(H,23,25).